The van der Waals surface area contributed by atoms with Gasteiger partial charge in [-0.3, -0.25) is 53.5 Å². The lowest BCUT2D eigenvalue weighted by Crippen LogP contribution is -2.53. The lowest BCUT2D eigenvalue weighted by atomic mass is 10.0. The highest BCUT2D eigenvalue weighted by molar-refractivity contribution is 7.23. The number of thiophene rings is 2. The summed E-state index contributed by atoms with van der Waals surface area (Å²) in [5, 5.41) is 7.98. The number of hydrogen-bond donors (Lipinski definition) is 4. The number of ketones is 2. The van der Waals surface area contributed by atoms with Gasteiger partial charge in [-0.05, 0) is 133 Å². The van der Waals surface area contributed by atoms with Crippen LogP contribution in [-0.4, -0.2) is 109 Å². The summed E-state index contributed by atoms with van der Waals surface area (Å²) in [6, 6.07) is 22.8. The number of carbonyl (C=O) groups is 7. The number of nitrogens with zero attached hydrogens (tertiary/aromatic N) is 6. The minimum atomic E-state index is -0.741. The summed E-state index contributed by atoms with van der Waals surface area (Å²) < 4.78 is 43.6. The van der Waals surface area contributed by atoms with E-state index < -0.39 is 29.6 Å². The van der Waals surface area contributed by atoms with E-state index in [0.29, 0.717) is 90.2 Å². The molecule has 2 aliphatic rings. The van der Waals surface area contributed by atoms with E-state index in [1.165, 1.54) is 41.7 Å². The SMILES string of the molecule is CCCN(Cc1ccc(-c2cc3nccc(Oc4ccc(CC(=O)CC5CC5)cc4F)c3s2)nc1)C(=O)[C@@H](NC(=O)CN)C(C)C.CCCN(Cc1ccc(-c2cc3nccc(Oc4ccc(CC(=O)CC5CC5)cc4F)c3s2)nc1)C(=O)[C@@H](NC(=O)CNC(C)=O)C(C)C. The fourth-order valence-corrected chi connectivity index (χ4v) is 12.9. The minimum absolute atomic E-state index is 0.0708. The van der Waals surface area contributed by atoms with Crippen LogP contribution in [0.1, 0.15) is 122 Å². The highest BCUT2D eigenvalue weighted by atomic mass is 32.1. The molecule has 2 aliphatic carbocycles. The first-order valence-electron chi connectivity index (χ1n) is 32.4. The van der Waals surface area contributed by atoms with Crippen molar-refractivity contribution in [1.29, 1.82) is 0 Å². The van der Waals surface area contributed by atoms with Crippen LogP contribution < -0.4 is 31.2 Å². The number of halogens is 2. The molecule has 10 rings (SSSR count). The average Bonchev–Trinajstić information content (AvgIpc) is 1.68. The first-order chi connectivity index (χ1) is 45.6. The molecule has 5 amide bonds. The van der Waals surface area contributed by atoms with E-state index in [1.54, 1.807) is 71.0 Å². The average molecular weight is 1330 g/mol. The first kappa shape index (κ1) is 70.4. The van der Waals surface area contributed by atoms with Gasteiger partial charge in [0.15, 0.2) is 23.1 Å². The Bertz CT molecular complexity index is 4040. The van der Waals surface area contributed by atoms with E-state index in [0.717, 1.165) is 74.5 Å². The van der Waals surface area contributed by atoms with Gasteiger partial charge in [-0.1, -0.05) is 65.8 Å². The minimum Gasteiger partial charge on any atom is -0.453 e. The lowest BCUT2D eigenvalue weighted by Gasteiger charge is -2.30. The molecule has 2 fully saturated rings. The molecule has 6 heterocycles. The zero-order valence-corrected chi connectivity index (χ0v) is 56.3. The second kappa shape index (κ2) is 33.0. The van der Waals surface area contributed by atoms with Crippen molar-refractivity contribution in [2.45, 2.75) is 138 Å². The Morgan fingerprint density at radius 2 is 0.989 bits per heavy atom. The van der Waals surface area contributed by atoms with Gasteiger partial charge in [0.2, 0.25) is 29.5 Å². The molecule has 8 aromatic rings. The predicted molar refractivity (Wildman–Crippen MR) is 363 cm³/mol. The number of benzene rings is 2. The smallest absolute Gasteiger partial charge is 0.245 e. The quantitative estimate of drug-likeness (QED) is 0.0315. The maximum atomic E-state index is 15.0. The standard InChI is InChI=1S/C37H42FN5O5S.C35H40FN5O4S/c1-5-14-43(37(47)35(22(2)3)42-34(46)20-40-23(4)44)21-26-8-10-29(41-19-26)33-18-30-36(49-33)32(12-13-39-30)48-31-11-9-25(17-28(31)38)16-27(45)15-24-6-7-24;1-4-13-41(35(44)33(21(2)3)40-32(43)18-37)20-24-7-9-27(39-19-24)31-17-28-34(46-31)30(11-12-38-28)45-29-10-8-23(16-26(29)36)15-25(42)14-22-5-6-22/h8-13,17-19,22,24,35H,5-7,14-16,20-21H2,1-4H3,(H,40,44)(H,42,46);7-12,16-17,19,21-22,33H,4-6,13-15,18,20,37H2,1-3H3,(H,40,43)/t35-;33-/m00/s1. The summed E-state index contributed by atoms with van der Waals surface area (Å²) in [5.74, 6) is -0.405. The number of rotatable bonds is 31. The van der Waals surface area contributed by atoms with Crippen molar-refractivity contribution in [3.05, 3.63) is 144 Å². The predicted octanol–water partition coefficient (Wildman–Crippen LogP) is 12.3. The number of nitrogens with one attached hydrogen (secondary N) is 3. The van der Waals surface area contributed by atoms with Crippen LogP contribution in [0.2, 0.25) is 0 Å². The number of nitrogens with two attached hydrogens (primary N) is 1. The molecule has 0 unspecified atom stereocenters. The number of fused-ring (bicyclic) bond motifs is 2. The molecule has 2 saturated carbocycles. The molecule has 0 bridgehead atoms. The van der Waals surface area contributed by atoms with Gasteiger partial charge in [-0.15, -0.1) is 22.7 Å². The number of amides is 5. The fraction of sp³-hybridized carbons (Fsp3) is 0.403. The van der Waals surface area contributed by atoms with Crippen LogP contribution in [-0.2, 0) is 59.5 Å². The molecule has 19 nitrogen and oxygen atoms in total. The molecule has 95 heavy (non-hydrogen) atoms. The number of carbonyl (C=O) groups excluding carboxylic acids is 7. The number of hydrogen-bond acceptors (Lipinski definition) is 16. The zero-order valence-electron chi connectivity index (χ0n) is 54.7. The number of Topliss-reactive ketones (excluding diaryl/α,β-unsaturated/α-hetero) is 2. The Hall–Kier alpha value is -8.93. The van der Waals surface area contributed by atoms with Crippen molar-refractivity contribution in [3.63, 3.8) is 0 Å². The largest absolute Gasteiger partial charge is 0.453 e. The summed E-state index contributed by atoms with van der Waals surface area (Å²) >= 11 is 2.87. The fourth-order valence-electron chi connectivity index (χ4n) is 10.8. The van der Waals surface area contributed by atoms with E-state index in [9.17, 15) is 33.6 Å². The van der Waals surface area contributed by atoms with Gasteiger partial charge >= 0.3 is 0 Å². The van der Waals surface area contributed by atoms with E-state index in [2.05, 4.69) is 35.9 Å². The third-order valence-electron chi connectivity index (χ3n) is 16.1. The van der Waals surface area contributed by atoms with Gasteiger partial charge in [0.1, 0.15) is 35.1 Å². The summed E-state index contributed by atoms with van der Waals surface area (Å²) in [6.45, 7) is 14.2. The molecule has 6 aromatic heterocycles. The topological polar surface area (TPSA) is 258 Å². The van der Waals surface area contributed by atoms with E-state index in [1.807, 2.05) is 77.9 Å². The third-order valence-corrected chi connectivity index (χ3v) is 18.4. The molecule has 500 valence electrons. The third kappa shape index (κ3) is 19.8. The van der Waals surface area contributed by atoms with Crippen molar-refractivity contribution in [2.24, 2.45) is 29.4 Å². The van der Waals surface area contributed by atoms with E-state index in [-0.39, 0.29) is 84.5 Å². The van der Waals surface area contributed by atoms with Crippen LogP contribution >= 0.6 is 22.7 Å². The maximum absolute atomic E-state index is 15.0. The Kier molecular flexibility index (Phi) is 24.4. The first-order valence-corrected chi connectivity index (χ1v) is 34.0. The molecule has 0 saturated heterocycles. The molecule has 0 radical (unpaired) electrons. The van der Waals surface area contributed by atoms with Crippen LogP contribution in [0.5, 0.6) is 23.0 Å². The second-order valence-electron chi connectivity index (χ2n) is 25.0. The summed E-state index contributed by atoms with van der Waals surface area (Å²) in [5.41, 5.74) is 11.3. The van der Waals surface area contributed by atoms with Crippen LogP contribution in [0.15, 0.2) is 110 Å². The van der Waals surface area contributed by atoms with Crippen LogP contribution in [0.25, 0.3) is 41.6 Å². The summed E-state index contributed by atoms with van der Waals surface area (Å²) in [6.07, 6.45) is 14.2. The highest BCUT2D eigenvalue weighted by Gasteiger charge is 2.31. The van der Waals surface area contributed by atoms with Gasteiger partial charge in [-0.25, -0.2) is 8.78 Å². The number of ether oxygens (including phenoxy) is 2. The monoisotopic (exact) mass is 1330 g/mol. The van der Waals surface area contributed by atoms with Gasteiger partial charge in [0.25, 0.3) is 0 Å². The van der Waals surface area contributed by atoms with Crippen LogP contribution in [0.3, 0.4) is 0 Å². The molecule has 5 N–H and O–H groups in total. The molecular weight excluding hydrogens is 1250 g/mol. The van der Waals surface area contributed by atoms with Crippen molar-refractivity contribution in [3.8, 4) is 44.1 Å². The molecular formula is C72H82F2N10O9S2. The molecule has 23 heteroatoms. The number of aromatic nitrogens is 4. The molecule has 2 aromatic carbocycles. The highest BCUT2D eigenvalue weighted by Crippen LogP contribution is 2.42. The summed E-state index contributed by atoms with van der Waals surface area (Å²) in [7, 11) is 0. The van der Waals surface area contributed by atoms with Gasteiger partial charge in [-0.2, -0.15) is 0 Å². The van der Waals surface area contributed by atoms with Crippen molar-refractivity contribution >= 4 is 84.2 Å². The molecule has 0 spiro atoms. The van der Waals surface area contributed by atoms with E-state index in [4.69, 9.17) is 15.2 Å². The van der Waals surface area contributed by atoms with Crippen LogP contribution in [0.4, 0.5) is 8.78 Å². The van der Waals surface area contributed by atoms with E-state index >= 15 is 8.78 Å². The van der Waals surface area contributed by atoms with Crippen molar-refractivity contribution in [1.82, 2.24) is 45.7 Å². The maximum Gasteiger partial charge on any atom is 0.245 e. The second-order valence-corrected chi connectivity index (χ2v) is 27.1. The molecule has 0 aliphatic heterocycles. The molecule has 2 atom stereocenters. The number of pyridine rings is 4. The Labute approximate surface area is 560 Å². The zero-order chi connectivity index (χ0) is 67.9. The normalized spacial score (nSPS) is 13.4. The van der Waals surface area contributed by atoms with Gasteiger partial charge in [0, 0.05) is 95.7 Å². The van der Waals surface area contributed by atoms with Crippen LogP contribution in [0, 0.1) is 35.3 Å². The van der Waals surface area contributed by atoms with Crippen molar-refractivity contribution < 1.29 is 51.8 Å². The Balaban J connectivity index is 0.000000224. The van der Waals surface area contributed by atoms with Crippen molar-refractivity contribution in [2.75, 3.05) is 26.2 Å². The van der Waals surface area contributed by atoms with Gasteiger partial charge < -0.3 is 41.0 Å². The van der Waals surface area contributed by atoms with Gasteiger partial charge in [0.05, 0.1) is 54.7 Å². The summed E-state index contributed by atoms with van der Waals surface area (Å²) in [4.78, 5) is 110. The Morgan fingerprint density at radius 3 is 1.35 bits per heavy atom. The lowest BCUT2D eigenvalue weighted by molar-refractivity contribution is -0.138. The Morgan fingerprint density at radius 1 is 0.568 bits per heavy atom.